The standard InChI is InChI=1S/C20H18ClN3O/c21-18-10-14(11-22)7-8-17(18)20(25)24-13-16-5-3-9-23(16)12-15-4-1-2-6-19(15)24/h1-10H,11-13,22H2. The number of hydrogen-bond donors (Lipinski definition) is 1. The van der Waals surface area contributed by atoms with Crippen molar-refractivity contribution in [3.05, 3.63) is 88.2 Å². The van der Waals surface area contributed by atoms with Gasteiger partial charge in [0.05, 0.1) is 17.1 Å². The van der Waals surface area contributed by atoms with Crippen molar-refractivity contribution < 1.29 is 4.79 Å². The fourth-order valence-electron chi connectivity index (χ4n) is 3.27. The Balaban J connectivity index is 1.79. The van der Waals surface area contributed by atoms with Crippen molar-refractivity contribution in [2.24, 2.45) is 5.73 Å². The number of nitrogens with two attached hydrogens (primary N) is 1. The van der Waals surface area contributed by atoms with Gasteiger partial charge in [0.25, 0.3) is 5.91 Å². The van der Waals surface area contributed by atoms with E-state index < -0.39 is 0 Å². The summed E-state index contributed by atoms with van der Waals surface area (Å²) in [6.07, 6.45) is 2.04. The van der Waals surface area contributed by atoms with Crippen LogP contribution in [0.5, 0.6) is 0 Å². The first kappa shape index (κ1) is 15.9. The topological polar surface area (TPSA) is 51.3 Å². The van der Waals surface area contributed by atoms with Gasteiger partial charge in [-0.1, -0.05) is 35.9 Å². The molecule has 5 heteroatoms. The highest BCUT2D eigenvalue weighted by atomic mass is 35.5. The molecule has 0 spiro atoms. The molecule has 1 amide bonds. The number of fused-ring (bicyclic) bond motifs is 2. The molecule has 2 N–H and O–H groups in total. The van der Waals surface area contributed by atoms with Crippen LogP contribution in [0.2, 0.25) is 5.02 Å². The van der Waals surface area contributed by atoms with Gasteiger partial charge in [-0.05, 0) is 41.5 Å². The highest BCUT2D eigenvalue weighted by Gasteiger charge is 2.25. The van der Waals surface area contributed by atoms with E-state index in [-0.39, 0.29) is 5.91 Å². The van der Waals surface area contributed by atoms with Gasteiger partial charge in [0, 0.05) is 30.7 Å². The number of hydrogen-bond acceptors (Lipinski definition) is 2. The maximum absolute atomic E-state index is 13.3. The maximum Gasteiger partial charge on any atom is 0.260 e. The van der Waals surface area contributed by atoms with Crippen molar-refractivity contribution in [3.8, 4) is 0 Å². The Morgan fingerprint density at radius 3 is 2.72 bits per heavy atom. The summed E-state index contributed by atoms with van der Waals surface area (Å²) in [6, 6.07) is 17.4. The van der Waals surface area contributed by atoms with E-state index >= 15 is 0 Å². The van der Waals surface area contributed by atoms with Gasteiger partial charge >= 0.3 is 0 Å². The lowest BCUT2D eigenvalue weighted by molar-refractivity contribution is 0.0985. The van der Waals surface area contributed by atoms with Crippen molar-refractivity contribution in [3.63, 3.8) is 0 Å². The molecule has 0 aliphatic carbocycles. The van der Waals surface area contributed by atoms with Crippen LogP contribution in [-0.4, -0.2) is 10.5 Å². The molecule has 25 heavy (non-hydrogen) atoms. The van der Waals surface area contributed by atoms with Gasteiger partial charge in [0.15, 0.2) is 0 Å². The van der Waals surface area contributed by atoms with Gasteiger partial charge in [-0.2, -0.15) is 0 Å². The van der Waals surface area contributed by atoms with Crippen molar-refractivity contribution in [2.45, 2.75) is 19.6 Å². The normalized spacial score (nSPS) is 13.1. The SMILES string of the molecule is NCc1ccc(C(=O)N2Cc3cccn3Cc3ccccc32)c(Cl)c1. The van der Waals surface area contributed by atoms with Crippen LogP contribution in [0, 0.1) is 0 Å². The second kappa shape index (κ2) is 6.39. The van der Waals surface area contributed by atoms with E-state index in [1.807, 2.05) is 42.6 Å². The second-order valence-electron chi connectivity index (χ2n) is 6.17. The summed E-state index contributed by atoms with van der Waals surface area (Å²) >= 11 is 6.36. The highest BCUT2D eigenvalue weighted by molar-refractivity contribution is 6.34. The quantitative estimate of drug-likeness (QED) is 0.763. The Labute approximate surface area is 151 Å². The first-order valence-electron chi connectivity index (χ1n) is 8.19. The molecule has 0 bridgehead atoms. The molecule has 1 aliphatic heterocycles. The largest absolute Gasteiger partial charge is 0.345 e. The predicted octanol–water partition coefficient (Wildman–Crippen LogP) is 3.81. The maximum atomic E-state index is 13.3. The zero-order valence-electron chi connectivity index (χ0n) is 13.7. The average molecular weight is 352 g/mol. The first-order valence-corrected chi connectivity index (χ1v) is 8.57. The summed E-state index contributed by atoms with van der Waals surface area (Å²) in [5.41, 5.74) is 10.2. The molecule has 4 rings (SSSR count). The molecule has 0 unspecified atom stereocenters. The molecular weight excluding hydrogens is 334 g/mol. The molecule has 0 fully saturated rings. The molecule has 0 saturated carbocycles. The Bertz CT molecular complexity index is 948. The van der Waals surface area contributed by atoms with Gasteiger partial charge in [0.1, 0.15) is 0 Å². The van der Waals surface area contributed by atoms with E-state index in [4.69, 9.17) is 17.3 Å². The number of amides is 1. The highest BCUT2D eigenvalue weighted by Crippen LogP contribution is 2.30. The summed E-state index contributed by atoms with van der Waals surface area (Å²) in [5, 5.41) is 0.435. The van der Waals surface area contributed by atoms with Crippen molar-refractivity contribution in [1.82, 2.24) is 4.57 Å². The van der Waals surface area contributed by atoms with Crippen molar-refractivity contribution in [1.29, 1.82) is 0 Å². The van der Waals surface area contributed by atoms with Crippen LogP contribution < -0.4 is 10.6 Å². The second-order valence-corrected chi connectivity index (χ2v) is 6.57. The fourth-order valence-corrected chi connectivity index (χ4v) is 3.56. The van der Waals surface area contributed by atoms with Crippen LogP contribution in [0.25, 0.3) is 0 Å². The number of carbonyl (C=O) groups excluding carboxylic acids is 1. The van der Waals surface area contributed by atoms with E-state index in [0.717, 1.165) is 29.1 Å². The van der Waals surface area contributed by atoms with Crippen LogP contribution >= 0.6 is 11.6 Å². The van der Waals surface area contributed by atoms with Crippen LogP contribution in [0.4, 0.5) is 5.69 Å². The molecule has 1 aromatic heterocycles. The number of rotatable bonds is 2. The van der Waals surface area contributed by atoms with Crippen LogP contribution in [-0.2, 0) is 19.6 Å². The fraction of sp³-hybridized carbons (Fsp3) is 0.150. The number of carbonyl (C=O) groups is 1. The molecule has 4 nitrogen and oxygen atoms in total. The molecule has 0 radical (unpaired) electrons. The molecule has 2 aromatic carbocycles. The summed E-state index contributed by atoms with van der Waals surface area (Å²) in [4.78, 5) is 15.1. The third-order valence-electron chi connectivity index (χ3n) is 4.61. The average Bonchev–Trinajstić information content (AvgIpc) is 3.00. The number of benzene rings is 2. The van der Waals surface area contributed by atoms with Gasteiger partial charge in [-0.3, -0.25) is 4.79 Å². The number of aromatic nitrogens is 1. The summed E-state index contributed by atoms with van der Waals surface area (Å²) in [6.45, 7) is 1.66. The Kier molecular flexibility index (Phi) is 4.07. The molecule has 0 atom stereocenters. The smallest absolute Gasteiger partial charge is 0.260 e. The summed E-state index contributed by atoms with van der Waals surface area (Å²) in [5.74, 6) is -0.101. The molecular formula is C20H18ClN3O. The summed E-state index contributed by atoms with van der Waals surface area (Å²) in [7, 11) is 0. The third kappa shape index (κ3) is 2.84. The minimum absolute atomic E-state index is 0.101. The van der Waals surface area contributed by atoms with Crippen LogP contribution in [0.1, 0.15) is 27.2 Å². The monoisotopic (exact) mass is 351 g/mol. The molecule has 126 valence electrons. The third-order valence-corrected chi connectivity index (χ3v) is 4.92. The predicted molar refractivity (Wildman–Crippen MR) is 99.8 cm³/mol. The van der Waals surface area contributed by atoms with Gasteiger partial charge in [-0.25, -0.2) is 0 Å². The van der Waals surface area contributed by atoms with Crippen molar-refractivity contribution >= 4 is 23.2 Å². The molecule has 1 aliphatic rings. The van der Waals surface area contributed by atoms with Gasteiger partial charge in [0.2, 0.25) is 0 Å². The zero-order valence-corrected chi connectivity index (χ0v) is 14.4. The Hall–Kier alpha value is -2.56. The number of halogens is 1. The molecule has 2 heterocycles. The Morgan fingerprint density at radius 1 is 1.08 bits per heavy atom. The van der Waals surface area contributed by atoms with E-state index in [1.54, 1.807) is 17.0 Å². The van der Waals surface area contributed by atoms with Crippen LogP contribution in [0.15, 0.2) is 60.8 Å². The van der Waals surface area contributed by atoms with Gasteiger partial charge < -0.3 is 15.2 Å². The van der Waals surface area contributed by atoms with E-state index in [2.05, 4.69) is 10.6 Å². The first-order chi connectivity index (χ1) is 12.2. The lowest BCUT2D eigenvalue weighted by Gasteiger charge is -2.23. The van der Waals surface area contributed by atoms with Gasteiger partial charge in [-0.15, -0.1) is 0 Å². The zero-order chi connectivity index (χ0) is 17.4. The minimum atomic E-state index is -0.101. The Morgan fingerprint density at radius 2 is 1.92 bits per heavy atom. The van der Waals surface area contributed by atoms with E-state index in [0.29, 0.717) is 23.7 Å². The number of anilines is 1. The van der Waals surface area contributed by atoms with E-state index in [9.17, 15) is 4.79 Å². The number of nitrogens with zero attached hydrogens (tertiary/aromatic N) is 2. The number of para-hydroxylation sites is 1. The van der Waals surface area contributed by atoms with E-state index in [1.165, 1.54) is 0 Å². The molecule has 0 saturated heterocycles. The minimum Gasteiger partial charge on any atom is -0.345 e. The van der Waals surface area contributed by atoms with Crippen LogP contribution in [0.3, 0.4) is 0 Å². The lowest BCUT2D eigenvalue weighted by atomic mass is 10.1. The van der Waals surface area contributed by atoms with Crippen molar-refractivity contribution in [2.75, 3.05) is 4.90 Å². The summed E-state index contributed by atoms with van der Waals surface area (Å²) < 4.78 is 2.17. The lowest BCUT2D eigenvalue weighted by Crippen LogP contribution is -2.30. The molecule has 3 aromatic rings.